The standard InChI is InChI=1S/C16H21N5O2/c1-2-14(23-13-5-3-4-6-13)16(22)17-12-9-7-11(8-10-12)15-18-20-21-19-15/h7-10,13-14H,2-6H2,1H3,(H,17,22)(H,18,19,20,21). The van der Waals surface area contributed by atoms with Crippen molar-refractivity contribution in [3.8, 4) is 11.4 Å². The maximum atomic E-state index is 12.4. The number of tetrazole rings is 1. The van der Waals surface area contributed by atoms with Crippen LogP contribution in [0.2, 0.25) is 0 Å². The van der Waals surface area contributed by atoms with E-state index in [9.17, 15) is 4.79 Å². The lowest BCUT2D eigenvalue weighted by atomic mass is 10.2. The Balaban J connectivity index is 1.59. The first-order chi connectivity index (χ1) is 11.3. The van der Waals surface area contributed by atoms with E-state index in [2.05, 4.69) is 25.9 Å². The number of ether oxygens (including phenoxy) is 1. The molecule has 1 aliphatic rings. The molecule has 23 heavy (non-hydrogen) atoms. The van der Waals surface area contributed by atoms with E-state index in [1.807, 2.05) is 31.2 Å². The van der Waals surface area contributed by atoms with Crippen molar-refractivity contribution in [1.29, 1.82) is 0 Å². The van der Waals surface area contributed by atoms with Crippen molar-refractivity contribution >= 4 is 11.6 Å². The van der Waals surface area contributed by atoms with Gasteiger partial charge in [-0.2, -0.15) is 5.21 Å². The van der Waals surface area contributed by atoms with Crippen LogP contribution < -0.4 is 5.32 Å². The van der Waals surface area contributed by atoms with Crippen LogP contribution in [-0.2, 0) is 9.53 Å². The van der Waals surface area contributed by atoms with Gasteiger partial charge in [-0.1, -0.05) is 19.8 Å². The van der Waals surface area contributed by atoms with Gasteiger partial charge in [-0.25, -0.2) is 0 Å². The second-order valence-corrected chi connectivity index (χ2v) is 5.74. The third-order valence-electron chi connectivity index (χ3n) is 4.08. The molecule has 0 aliphatic heterocycles. The SMILES string of the molecule is CCC(OC1CCCC1)C(=O)Nc1ccc(-c2nn[nH]n2)cc1. The molecule has 0 spiro atoms. The minimum Gasteiger partial charge on any atom is -0.365 e. The molecule has 7 nitrogen and oxygen atoms in total. The Morgan fingerprint density at radius 1 is 1.35 bits per heavy atom. The number of aromatic amines is 1. The number of nitrogens with one attached hydrogen (secondary N) is 2. The molecule has 7 heteroatoms. The Morgan fingerprint density at radius 2 is 2.09 bits per heavy atom. The molecule has 0 radical (unpaired) electrons. The van der Waals surface area contributed by atoms with E-state index in [0.29, 0.717) is 12.2 Å². The molecule has 0 bridgehead atoms. The molecule has 2 N–H and O–H groups in total. The van der Waals surface area contributed by atoms with Crippen LogP contribution >= 0.6 is 0 Å². The number of amides is 1. The third kappa shape index (κ3) is 3.92. The van der Waals surface area contributed by atoms with E-state index in [-0.39, 0.29) is 12.0 Å². The van der Waals surface area contributed by atoms with Crippen molar-refractivity contribution < 1.29 is 9.53 Å². The zero-order chi connectivity index (χ0) is 16.1. The van der Waals surface area contributed by atoms with Crippen LogP contribution in [0, 0.1) is 0 Å². The van der Waals surface area contributed by atoms with Gasteiger partial charge in [0.25, 0.3) is 5.91 Å². The molecular weight excluding hydrogens is 294 g/mol. The van der Waals surface area contributed by atoms with Gasteiger partial charge in [-0.3, -0.25) is 4.79 Å². The molecule has 1 fully saturated rings. The highest BCUT2D eigenvalue weighted by Crippen LogP contribution is 2.23. The minimum absolute atomic E-state index is 0.0910. The summed E-state index contributed by atoms with van der Waals surface area (Å²) in [6.07, 6.45) is 5.01. The molecule has 3 rings (SSSR count). The summed E-state index contributed by atoms with van der Waals surface area (Å²) in [5, 5.41) is 16.7. The monoisotopic (exact) mass is 315 g/mol. The van der Waals surface area contributed by atoms with Gasteiger partial charge in [0.15, 0.2) is 0 Å². The molecule has 1 aromatic heterocycles. The summed E-state index contributed by atoms with van der Waals surface area (Å²) < 4.78 is 5.93. The van der Waals surface area contributed by atoms with E-state index in [1.54, 1.807) is 0 Å². The number of carbonyl (C=O) groups excluding carboxylic acids is 1. The van der Waals surface area contributed by atoms with Crippen molar-refractivity contribution in [2.24, 2.45) is 0 Å². The Hall–Kier alpha value is -2.28. The van der Waals surface area contributed by atoms with Crippen LogP contribution in [0.4, 0.5) is 5.69 Å². The molecule has 1 amide bonds. The number of hydrogen-bond acceptors (Lipinski definition) is 5. The summed E-state index contributed by atoms with van der Waals surface area (Å²) in [5.41, 5.74) is 1.57. The van der Waals surface area contributed by atoms with Crippen LogP contribution in [0.3, 0.4) is 0 Å². The highest BCUT2D eigenvalue weighted by atomic mass is 16.5. The number of nitrogens with zero attached hydrogens (tertiary/aromatic N) is 3. The molecule has 1 heterocycles. The average Bonchev–Trinajstić information content (AvgIpc) is 3.27. The predicted octanol–water partition coefficient (Wildman–Crippen LogP) is 2.54. The van der Waals surface area contributed by atoms with E-state index in [1.165, 1.54) is 12.8 Å². The van der Waals surface area contributed by atoms with Crippen molar-refractivity contribution in [2.45, 2.75) is 51.2 Å². The summed E-state index contributed by atoms with van der Waals surface area (Å²) in [4.78, 5) is 12.4. The fourth-order valence-corrected chi connectivity index (χ4v) is 2.81. The topological polar surface area (TPSA) is 92.8 Å². The molecule has 1 aromatic carbocycles. The Kier molecular flexibility index (Phi) is 4.97. The number of anilines is 1. The second-order valence-electron chi connectivity index (χ2n) is 5.74. The number of aromatic nitrogens is 4. The van der Waals surface area contributed by atoms with Crippen molar-refractivity contribution in [3.63, 3.8) is 0 Å². The average molecular weight is 315 g/mol. The molecule has 1 saturated carbocycles. The van der Waals surface area contributed by atoms with Gasteiger partial charge >= 0.3 is 0 Å². The van der Waals surface area contributed by atoms with E-state index in [4.69, 9.17) is 4.74 Å². The molecular formula is C16H21N5O2. The maximum absolute atomic E-state index is 12.4. The quantitative estimate of drug-likeness (QED) is 0.854. The third-order valence-corrected chi connectivity index (χ3v) is 4.08. The van der Waals surface area contributed by atoms with Crippen LogP contribution in [0.1, 0.15) is 39.0 Å². The van der Waals surface area contributed by atoms with Crippen molar-refractivity contribution in [1.82, 2.24) is 20.6 Å². The van der Waals surface area contributed by atoms with E-state index in [0.717, 1.165) is 24.1 Å². The van der Waals surface area contributed by atoms with Gasteiger partial charge < -0.3 is 10.1 Å². The summed E-state index contributed by atoms with van der Waals surface area (Å²) >= 11 is 0. The second kappa shape index (κ2) is 7.32. The molecule has 122 valence electrons. The predicted molar refractivity (Wildman–Crippen MR) is 85.7 cm³/mol. The first-order valence-electron chi connectivity index (χ1n) is 8.06. The first-order valence-corrected chi connectivity index (χ1v) is 8.06. The van der Waals surface area contributed by atoms with Crippen molar-refractivity contribution in [2.75, 3.05) is 5.32 Å². The van der Waals surface area contributed by atoms with Crippen LogP contribution in [0.25, 0.3) is 11.4 Å². The molecule has 0 saturated heterocycles. The Bertz CT molecular complexity index is 620. The van der Waals surface area contributed by atoms with Gasteiger partial charge in [0.2, 0.25) is 5.82 Å². The number of H-pyrrole nitrogens is 1. The normalized spacial score (nSPS) is 16.4. The van der Waals surface area contributed by atoms with Crippen molar-refractivity contribution in [3.05, 3.63) is 24.3 Å². The number of rotatable bonds is 6. The van der Waals surface area contributed by atoms with Gasteiger partial charge in [-0.05, 0) is 48.7 Å². The lowest BCUT2D eigenvalue weighted by Gasteiger charge is -2.20. The smallest absolute Gasteiger partial charge is 0.253 e. The lowest BCUT2D eigenvalue weighted by Crippen LogP contribution is -2.32. The first kappa shape index (κ1) is 15.6. The van der Waals surface area contributed by atoms with Crippen LogP contribution in [0.5, 0.6) is 0 Å². The lowest BCUT2D eigenvalue weighted by molar-refractivity contribution is -0.131. The van der Waals surface area contributed by atoms with Gasteiger partial charge in [0.1, 0.15) is 6.10 Å². The van der Waals surface area contributed by atoms with E-state index >= 15 is 0 Å². The molecule has 1 atom stereocenters. The number of hydrogen-bond donors (Lipinski definition) is 2. The zero-order valence-electron chi connectivity index (χ0n) is 13.2. The van der Waals surface area contributed by atoms with Crippen LogP contribution in [-0.4, -0.2) is 38.7 Å². The Morgan fingerprint density at radius 3 is 2.70 bits per heavy atom. The summed E-state index contributed by atoms with van der Waals surface area (Å²) in [7, 11) is 0. The highest BCUT2D eigenvalue weighted by Gasteiger charge is 2.24. The minimum atomic E-state index is -0.394. The van der Waals surface area contributed by atoms with Gasteiger partial charge in [-0.15, -0.1) is 10.2 Å². The van der Waals surface area contributed by atoms with Crippen LogP contribution in [0.15, 0.2) is 24.3 Å². The van der Waals surface area contributed by atoms with E-state index < -0.39 is 6.10 Å². The number of carbonyl (C=O) groups is 1. The maximum Gasteiger partial charge on any atom is 0.253 e. The zero-order valence-corrected chi connectivity index (χ0v) is 13.2. The fourth-order valence-electron chi connectivity index (χ4n) is 2.81. The molecule has 1 unspecified atom stereocenters. The largest absolute Gasteiger partial charge is 0.365 e. The van der Waals surface area contributed by atoms with Gasteiger partial charge in [0, 0.05) is 11.3 Å². The van der Waals surface area contributed by atoms with Gasteiger partial charge in [0.05, 0.1) is 6.10 Å². The molecule has 1 aliphatic carbocycles. The highest BCUT2D eigenvalue weighted by molar-refractivity contribution is 5.94. The Labute approximate surface area is 134 Å². The fraction of sp³-hybridized carbons (Fsp3) is 0.500. The molecule has 2 aromatic rings. The summed E-state index contributed by atoms with van der Waals surface area (Å²) in [6, 6.07) is 7.34. The summed E-state index contributed by atoms with van der Waals surface area (Å²) in [6.45, 7) is 1.97. The number of benzene rings is 1. The summed E-state index contributed by atoms with van der Waals surface area (Å²) in [5.74, 6) is 0.436.